The normalized spacial score (nSPS) is 12.9. The van der Waals surface area contributed by atoms with E-state index in [9.17, 15) is 0 Å². The van der Waals surface area contributed by atoms with Crippen molar-refractivity contribution in [2.24, 2.45) is 0 Å². The highest BCUT2D eigenvalue weighted by Gasteiger charge is 2.19. The van der Waals surface area contributed by atoms with Gasteiger partial charge in [0.25, 0.3) is 0 Å². The quantitative estimate of drug-likeness (QED) is 0.872. The van der Waals surface area contributed by atoms with Gasteiger partial charge in [-0.05, 0) is 62.3 Å². The van der Waals surface area contributed by atoms with E-state index in [4.69, 9.17) is 0 Å². The largest absolute Gasteiger partial charge is 0.312 e. The maximum atomic E-state index is 4.58. The molecule has 2 rings (SSSR count). The molecule has 0 radical (unpaired) electrons. The lowest BCUT2D eigenvalue weighted by Crippen LogP contribution is -2.19. The minimum atomic E-state index is 0.338. The molecule has 1 N–H and O–H groups in total. The van der Waals surface area contributed by atoms with Gasteiger partial charge in [-0.1, -0.05) is 0 Å². The van der Waals surface area contributed by atoms with Gasteiger partial charge >= 0.3 is 0 Å². The molecule has 0 saturated carbocycles. The molecule has 2 heterocycles. The zero-order valence-electron chi connectivity index (χ0n) is 12.7. The van der Waals surface area contributed by atoms with Gasteiger partial charge < -0.3 is 5.32 Å². The van der Waals surface area contributed by atoms with Gasteiger partial charge in [-0.15, -0.1) is 11.3 Å². The third kappa shape index (κ3) is 3.00. The van der Waals surface area contributed by atoms with Gasteiger partial charge in [0, 0.05) is 28.8 Å². The second-order valence-electron chi connectivity index (χ2n) is 5.10. The third-order valence-electron chi connectivity index (χ3n) is 3.73. The Kier molecular flexibility index (Phi) is 5.04. The van der Waals surface area contributed by atoms with Gasteiger partial charge in [0.2, 0.25) is 0 Å². The summed E-state index contributed by atoms with van der Waals surface area (Å²) in [6, 6.07) is 2.64. The standard InChI is InChI=1S/C15H22BrN3S/c1-6-19-13(15(16)10(3)18-19)8-12(17-5)14-7-9(2)11(4)20-14/h7,12,17H,6,8H2,1-5H3. The number of aromatic nitrogens is 2. The molecule has 0 fully saturated rings. The van der Waals surface area contributed by atoms with Gasteiger partial charge in [0.1, 0.15) is 0 Å². The fraction of sp³-hybridized carbons (Fsp3) is 0.533. The lowest BCUT2D eigenvalue weighted by atomic mass is 10.1. The molecular formula is C15H22BrN3S. The highest BCUT2D eigenvalue weighted by Crippen LogP contribution is 2.31. The molecule has 0 bridgehead atoms. The Morgan fingerprint density at radius 2 is 2.10 bits per heavy atom. The maximum Gasteiger partial charge on any atom is 0.0738 e. The summed E-state index contributed by atoms with van der Waals surface area (Å²) >= 11 is 5.57. The molecule has 2 aromatic rings. The Morgan fingerprint density at radius 3 is 2.60 bits per heavy atom. The summed E-state index contributed by atoms with van der Waals surface area (Å²) in [5.41, 5.74) is 3.72. The van der Waals surface area contributed by atoms with Crippen molar-refractivity contribution >= 4 is 27.3 Å². The van der Waals surface area contributed by atoms with Crippen LogP contribution in [0.3, 0.4) is 0 Å². The van der Waals surface area contributed by atoms with Crippen molar-refractivity contribution in [3.05, 3.63) is 37.2 Å². The van der Waals surface area contributed by atoms with Gasteiger partial charge in [-0.2, -0.15) is 5.10 Å². The number of thiophene rings is 1. The molecule has 0 aliphatic rings. The van der Waals surface area contributed by atoms with E-state index in [0.29, 0.717) is 6.04 Å². The molecule has 110 valence electrons. The first-order valence-corrected chi connectivity index (χ1v) is 8.54. The molecule has 0 aromatic carbocycles. The van der Waals surface area contributed by atoms with E-state index in [0.717, 1.165) is 23.1 Å². The van der Waals surface area contributed by atoms with Crippen LogP contribution in [-0.2, 0) is 13.0 Å². The van der Waals surface area contributed by atoms with E-state index in [2.05, 4.69) is 57.9 Å². The number of rotatable bonds is 5. The van der Waals surface area contributed by atoms with Crippen molar-refractivity contribution in [2.45, 2.75) is 46.7 Å². The van der Waals surface area contributed by atoms with Gasteiger partial charge in [-0.25, -0.2) is 0 Å². The van der Waals surface area contributed by atoms with E-state index in [1.165, 1.54) is 21.0 Å². The van der Waals surface area contributed by atoms with Crippen LogP contribution in [0.2, 0.25) is 0 Å². The minimum absolute atomic E-state index is 0.338. The molecule has 2 aromatic heterocycles. The fourth-order valence-electron chi connectivity index (χ4n) is 2.38. The zero-order chi connectivity index (χ0) is 14.9. The maximum absolute atomic E-state index is 4.58. The molecule has 0 spiro atoms. The van der Waals surface area contributed by atoms with Crippen LogP contribution in [-0.4, -0.2) is 16.8 Å². The molecule has 0 aliphatic carbocycles. The van der Waals surface area contributed by atoms with Crippen LogP contribution < -0.4 is 5.32 Å². The number of nitrogens with zero attached hydrogens (tertiary/aromatic N) is 2. The Bertz CT molecular complexity index is 581. The second kappa shape index (κ2) is 6.41. The van der Waals surface area contributed by atoms with Crippen molar-refractivity contribution in [3.63, 3.8) is 0 Å². The SMILES string of the molecule is CCn1nc(C)c(Br)c1CC(NC)c1cc(C)c(C)s1. The minimum Gasteiger partial charge on any atom is -0.312 e. The molecule has 0 saturated heterocycles. The van der Waals surface area contributed by atoms with E-state index < -0.39 is 0 Å². The van der Waals surface area contributed by atoms with Gasteiger partial charge in [0.15, 0.2) is 0 Å². The second-order valence-corrected chi connectivity index (χ2v) is 7.18. The summed E-state index contributed by atoms with van der Waals surface area (Å²) in [5, 5.41) is 8.02. The number of aryl methyl sites for hydroxylation is 4. The predicted molar refractivity (Wildman–Crippen MR) is 89.6 cm³/mol. The number of halogens is 1. The van der Waals surface area contributed by atoms with Crippen LogP contribution >= 0.6 is 27.3 Å². The van der Waals surface area contributed by atoms with Crippen LogP contribution in [0.4, 0.5) is 0 Å². The number of nitrogens with one attached hydrogen (secondary N) is 1. The van der Waals surface area contributed by atoms with E-state index >= 15 is 0 Å². The first-order chi connectivity index (χ1) is 9.47. The molecule has 1 unspecified atom stereocenters. The highest BCUT2D eigenvalue weighted by molar-refractivity contribution is 9.10. The smallest absolute Gasteiger partial charge is 0.0738 e. The average molecular weight is 356 g/mol. The summed E-state index contributed by atoms with van der Waals surface area (Å²) in [6.07, 6.45) is 0.950. The Labute approximate surface area is 133 Å². The Balaban J connectivity index is 2.31. The Morgan fingerprint density at radius 1 is 1.40 bits per heavy atom. The van der Waals surface area contributed by atoms with Crippen molar-refractivity contribution in [3.8, 4) is 0 Å². The van der Waals surface area contributed by atoms with Crippen molar-refractivity contribution in [1.29, 1.82) is 0 Å². The van der Waals surface area contributed by atoms with Gasteiger partial charge in [-0.3, -0.25) is 4.68 Å². The first kappa shape index (κ1) is 15.7. The number of hydrogen-bond donors (Lipinski definition) is 1. The molecule has 1 atom stereocenters. The third-order valence-corrected chi connectivity index (χ3v) is 6.02. The summed E-state index contributed by atoms with van der Waals surface area (Å²) in [7, 11) is 2.03. The van der Waals surface area contributed by atoms with Crippen LogP contribution in [0, 0.1) is 20.8 Å². The summed E-state index contributed by atoms with van der Waals surface area (Å²) in [5.74, 6) is 0. The molecule has 0 amide bonds. The van der Waals surface area contributed by atoms with E-state index in [1.807, 2.05) is 25.3 Å². The summed E-state index contributed by atoms with van der Waals surface area (Å²) < 4.78 is 3.24. The van der Waals surface area contributed by atoms with Crippen LogP contribution in [0.25, 0.3) is 0 Å². The zero-order valence-corrected chi connectivity index (χ0v) is 15.2. The monoisotopic (exact) mass is 355 g/mol. The summed E-state index contributed by atoms with van der Waals surface area (Å²) in [6.45, 7) is 9.45. The molecule has 3 nitrogen and oxygen atoms in total. The van der Waals surface area contributed by atoms with E-state index in [1.54, 1.807) is 0 Å². The topological polar surface area (TPSA) is 29.9 Å². The Hall–Kier alpha value is -0.650. The predicted octanol–water partition coefficient (Wildman–Crippen LogP) is 4.16. The number of likely N-dealkylation sites (N-methyl/N-ethyl adjacent to an activating group) is 1. The molecule has 5 heteroatoms. The van der Waals surface area contributed by atoms with Crippen LogP contribution in [0.5, 0.6) is 0 Å². The van der Waals surface area contributed by atoms with Crippen LogP contribution in [0.15, 0.2) is 10.5 Å². The molecule has 0 aliphatic heterocycles. The molecular weight excluding hydrogens is 334 g/mol. The van der Waals surface area contributed by atoms with Crippen molar-refractivity contribution < 1.29 is 0 Å². The van der Waals surface area contributed by atoms with Crippen molar-refractivity contribution in [2.75, 3.05) is 7.05 Å². The lowest BCUT2D eigenvalue weighted by Gasteiger charge is -2.15. The van der Waals surface area contributed by atoms with Crippen LogP contribution in [0.1, 0.15) is 39.7 Å². The number of hydrogen-bond acceptors (Lipinski definition) is 3. The first-order valence-electron chi connectivity index (χ1n) is 6.93. The van der Waals surface area contributed by atoms with Crippen molar-refractivity contribution in [1.82, 2.24) is 15.1 Å². The summed E-state index contributed by atoms with van der Waals surface area (Å²) in [4.78, 5) is 2.80. The van der Waals surface area contributed by atoms with E-state index in [-0.39, 0.29) is 0 Å². The average Bonchev–Trinajstić information content (AvgIpc) is 2.89. The highest BCUT2D eigenvalue weighted by atomic mass is 79.9. The molecule has 20 heavy (non-hydrogen) atoms. The fourth-order valence-corrected chi connectivity index (χ4v) is 3.97. The van der Waals surface area contributed by atoms with Gasteiger partial charge in [0.05, 0.1) is 15.9 Å². The lowest BCUT2D eigenvalue weighted by molar-refractivity contribution is 0.545.